The Kier molecular flexibility index (Phi) is 7.76. The van der Waals surface area contributed by atoms with Crippen molar-refractivity contribution in [2.75, 3.05) is 23.4 Å². The van der Waals surface area contributed by atoms with Gasteiger partial charge in [-0.1, -0.05) is 32.0 Å². The van der Waals surface area contributed by atoms with E-state index in [2.05, 4.69) is 5.32 Å². The lowest BCUT2D eigenvalue weighted by molar-refractivity contribution is -0.147. The van der Waals surface area contributed by atoms with Crippen molar-refractivity contribution < 1.29 is 23.9 Å². The van der Waals surface area contributed by atoms with Gasteiger partial charge in [-0.25, -0.2) is 0 Å². The average Bonchev–Trinajstić information content (AvgIpc) is 3.19. The minimum absolute atomic E-state index is 0.0667. The summed E-state index contributed by atoms with van der Waals surface area (Å²) in [7, 11) is 0. The smallest absolute Gasteiger partial charge is 0.311 e. The molecule has 1 saturated heterocycles. The van der Waals surface area contributed by atoms with Gasteiger partial charge in [-0.05, 0) is 48.7 Å². The number of ketones is 1. The molecule has 7 heteroatoms. The molecule has 2 aromatic rings. The molecule has 1 aliphatic heterocycles. The molecule has 3 rings (SSSR count). The SMILES string of the molecule is CCCC(=O)Nc1ccc(C(=O)COC(=O)C2CC(=O)N(c3ccccc3CC)C2)cc1. The third-order valence-electron chi connectivity index (χ3n) is 5.43. The highest BCUT2D eigenvalue weighted by atomic mass is 16.5. The largest absolute Gasteiger partial charge is 0.457 e. The number of nitrogens with zero attached hydrogens (tertiary/aromatic N) is 1. The summed E-state index contributed by atoms with van der Waals surface area (Å²) in [5.74, 6) is -1.70. The van der Waals surface area contributed by atoms with Crippen LogP contribution in [0.3, 0.4) is 0 Å². The van der Waals surface area contributed by atoms with Crippen LogP contribution in [0.2, 0.25) is 0 Å². The number of amides is 2. The number of para-hydroxylation sites is 1. The third kappa shape index (κ3) is 5.60. The van der Waals surface area contributed by atoms with Crippen LogP contribution < -0.4 is 10.2 Å². The van der Waals surface area contributed by atoms with Gasteiger partial charge in [0.05, 0.1) is 5.92 Å². The zero-order valence-corrected chi connectivity index (χ0v) is 18.4. The number of esters is 1. The number of anilines is 2. The summed E-state index contributed by atoms with van der Waals surface area (Å²) < 4.78 is 5.22. The number of hydrogen-bond acceptors (Lipinski definition) is 5. The van der Waals surface area contributed by atoms with Gasteiger partial charge in [0.15, 0.2) is 12.4 Å². The number of rotatable bonds is 9. The third-order valence-corrected chi connectivity index (χ3v) is 5.43. The zero-order valence-electron chi connectivity index (χ0n) is 18.4. The van der Waals surface area contributed by atoms with E-state index in [1.807, 2.05) is 38.1 Å². The van der Waals surface area contributed by atoms with E-state index in [1.54, 1.807) is 29.2 Å². The van der Waals surface area contributed by atoms with Gasteiger partial charge >= 0.3 is 5.97 Å². The lowest BCUT2D eigenvalue weighted by Gasteiger charge is -2.19. The summed E-state index contributed by atoms with van der Waals surface area (Å²) >= 11 is 0. The molecule has 0 radical (unpaired) electrons. The fraction of sp³-hybridized carbons (Fsp3) is 0.360. The molecule has 32 heavy (non-hydrogen) atoms. The molecule has 168 valence electrons. The Morgan fingerprint density at radius 3 is 2.47 bits per heavy atom. The molecular weight excluding hydrogens is 408 g/mol. The number of aryl methyl sites for hydroxylation is 1. The maximum atomic E-state index is 12.5. The molecule has 0 saturated carbocycles. The molecule has 0 bridgehead atoms. The Morgan fingerprint density at radius 2 is 1.78 bits per heavy atom. The van der Waals surface area contributed by atoms with Crippen LogP contribution in [0.15, 0.2) is 48.5 Å². The van der Waals surface area contributed by atoms with Crippen LogP contribution in [0.4, 0.5) is 11.4 Å². The average molecular weight is 437 g/mol. The summed E-state index contributed by atoms with van der Waals surface area (Å²) in [4.78, 5) is 50.6. The molecule has 1 N–H and O–H groups in total. The Morgan fingerprint density at radius 1 is 1.06 bits per heavy atom. The maximum absolute atomic E-state index is 12.5. The van der Waals surface area contributed by atoms with E-state index in [-0.39, 0.29) is 30.6 Å². The van der Waals surface area contributed by atoms with Crippen molar-refractivity contribution in [1.82, 2.24) is 0 Å². The Bertz CT molecular complexity index is 1000. The Hall–Kier alpha value is -3.48. The van der Waals surface area contributed by atoms with Crippen LogP contribution in [-0.2, 0) is 25.5 Å². The summed E-state index contributed by atoms with van der Waals surface area (Å²) in [6, 6.07) is 14.1. The standard InChI is InChI=1S/C25H28N2O5/c1-3-7-23(29)26-20-12-10-18(11-13-20)22(28)16-32-25(31)19-14-24(30)27(15-19)21-9-6-5-8-17(21)4-2/h5-6,8-13,19H,3-4,7,14-16H2,1-2H3,(H,26,29). The second kappa shape index (κ2) is 10.7. The quantitative estimate of drug-likeness (QED) is 0.477. The van der Waals surface area contributed by atoms with Gasteiger partial charge in [-0.2, -0.15) is 0 Å². The van der Waals surface area contributed by atoms with E-state index in [0.29, 0.717) is 17.7 Å². The van der Waals surface area contributed by atoms with Crippen molar-refractivity contribution in [2.45, 2.75) is 39.5 Å². The van der Waals surface area contributed by atoms with Gasteiger partial charge in [0.25, 0.3) is 0 Å². The first kappa shape index (κ1) is 23.2. The van der Waals surface area contributed by atoms with Crippen molar-refractivity contribution in [1.29, 1.82) is 0 Å². The van der Waals surface area contributed by atoms with Crippen molar-refractivity contribution in [3.63, 3.8) is 0 Å². The number of nitrogens with one attached hydrogen (secondary N) is 1. The van der Waals surface area contributed by atoms with Crippen LogP contribution >= 0.6 is 0 Å². The Balaban J connectivity index is 1.54. The first-order valence-corrected chi connectivity index (χ1v) is 10.9. The van der Waals surface area contributed by atoms with Gasteiger partial charge in [0, 0.05) is 36.3 Å². The highest BCUT2D eigenvalue weighted by molar-refractivity contribution is 6.01. The highest BCUT2D eigenvalue weighted by Gasteiger charge is 2.37. The topological polar surface area (TPSA) is 92.8 Å². The van der Waals surface area contributed by atoms with Crippen LogP contribution in [0.5, 0.6) is 0 Å². The van der Waals surface area contributed by atoms with Gasteiger partial charge in [-0.3, -0.25) is 19.2 Å². The number of Topliss-reactive ketones (excluding diaryl/α,β-unsaturated/α-hetero) is 1. The first-order valence-electron chi connectivity index (χ1n) is 10.9. The summed E-state index contributed by atoms with van der Waals surface area (Å²) in [6.07, 6.45) is 2.03. The van der Waals surface area contributed by atoms with Crippen molar-refractivity contribution >= 4 is 34.9 Å². The van der Waals surface area contributed by atoms with Crippen molar-refractivity contribution in [2.24, 2.45) is 5.92 Å². The van der Waals surface area contributed by atoms with E-state index in [0.717, 1.165) is 24.1 Å². The first-order chi connectivity index (χ1) is 15.4. The van der Waals surface area contributed by atoms with Gasteiger partial charge in [0.2, 0.25) is 11.8 Å². The monoisotopic (exact) mass is 436 g/mol. The molecule has 1 heterocycles. The fourth-order valence-electron chi connectivity index (χ4n) is 3.70. The predicted octanol–water partition coefficient (Wildman–Crippen LogP) is 3.77. The molecule has 1 atom stereocenters. The van der Waals surface area contributed by atoms with E-state index in [4.69, 9.17) is 4.74 Å². The molecule has 1 fully saturated rings. The summed E-state index contributed by atoms with van der Waals surface area (Å²) in [6.45, 7) is 3.79. The molecule has 1 unspecified atom stereocenters. The van der Waals surface area contributed by atoms with E-state index in [9.17, 15) is 19.2 Å². The molecule has 0 aromatic heterocycles. The molecule has 0 aliphatic carbocycles. The van der Waals surface area contributed by atoms with Gasteiger partial charge < -0.3 is 15.0 Å². The van der Waals surface area contributed by atoms with Gasteiger partial charge in [-0.15, -0.1) is 0 Å². The van der Waals surface area contributed by atoms with Gasteiger partial charge in [0.1, 0.15) is 0 Å². The molecule has 1 aliphatic rings. The summed E-state index contributed by atoms with van der Waals surface area (Å²) in [5.41, 5.74) is 2.85. The molecule has 2 aromatic carbocycles. The highest BCUT2D eigenvalue weighted by Crippen LogP contribution is 2.29. The van der Waals surface area contributed by atoms with Crippen LogP contribution in [0.1, 0.15) is 49.0 Å². The molecule has 7 nitrogen and oxygen atoms in total. The van der Waals surface area contributed by atoms with Crippen molar-refractivity contribution in [3.05, 3.63) is 59.7 Å². The Labute approximate surface area is 187 Å². The lowest BCUT2D eigenvalue weighted by Crippen LogP contribution is -2.28. The number of hydrogen-bond donors (Lipinski definition) is 1. The normalized spacial score (nSPS) is 15.5. The predicted molar refractivity (Wildman–Crippen MR) is 122 cm³/mol. The van der Waals surface area contributed by atoms with E-state index < -0.39 is 18.5 Å². The van der Waals surface area contributed by atoms with E-state index >= 15 is 0 Å². The minimum Gasteiger partial charge on any atom is -0.457 e. The second-order valence-corrected chi connectivity index (χ2v) is 7.79. The van der Waals surface area contributed by atoms with Crippen LogP contribution in [0, 0.1) is 5.92 Å². The second-order valence-electron chi connectivity index (χ2n) is 7.79. The molecular formula is C25H28N2O5. The minimum atomic E-state index is -0.601. The van der Waals surface area contributed by atoms with E-state index in [1.165, 1.54) is 0 Å². The van der Waals surface area contributed by atoms with Crippen LogP contribution in [-0.4, -0.2) is 36.7 Å². The maximum Gasteiger partial charge on any atom is 0.311 e. The number of ether oxygens (including phenoxy) is 1. The number of carbonyl (C=O) groups is 4. The molecule has 2 amide bonds. The lowest BCUT2D eigenvalue weighted by atomic mass is 10.1. The fourth-order valence-corrected chi connectivity index (χ4v) is 3.70. The van der Waals surface area contributed by atoms with Crippen molar-refractivity contribution in [3.8, 4) is 0 Å². The number of carbonyl (C=O) groups excluding carboxylic acids is 4. The van der Waals surface area contributed by atoms with Crippen LogP contribution in [0.25, 0.3) is 0 Å². The number of benzene rings is 2. The zero-order chi connectivity index (χ0) is 23.1. The summed E-state index contributed by atoms with van der Waals surface area (Å²) in [5, 5.41) is 2.75. The molecule has 0 spiro atoms.